The molecule has 2 aliphatic rings. The normalized spacial score (nSPS) is 21.8. The summed E-state index contributed by atoms with van der Waals surface area (Å²) in [6, 6.07) is 15.9. The first-order valence-electron chi connectivity index (χ1n) is 16.1. The smallest absolute Gasteiger partial charge is 0.303 e. The summed E-state index contributed by atoms with van der Waals surface area (Å²) in [6.07, 6.45) is 3.93. The van der Waals surface area contributed by atoms with E-state index in [0.717, 1.165) is 48.2 Å². The number of anilines is 2. The Morgan fingerprint density at radius 1 is 1.04 bits per heavy atom. The second-order valence-electron chi connectivity index (χ2n) is 13.5. The fourth-order valence-corrected chi connectivity index (χ4v) is 7.39. The van der Waals surface area contributed by atoms with E-state index in [1.54, 1.807) is 10.3 Å². The lowest BCUT2D eigenvalue weighted by Gasteiger charge is -2.32. The van der Waals surface area contributed by atoms with Gasteiger partial charge in [-0.25, -0.2) is 9.97 Å². The number of thiazole rings is 1. The summed E-state index contributed by atoms with van der Waals surface area (Å²) >= 11 is 1.37. The highest BCUT2D eigenvalue weighted by molar-refractivity contribution is 7.09. The molecular formula is C35H42N6O4S. The van der Waals surface area contributed by atoms with E-state index in [2.05, 4.69) is 25.6 Å². The van der Waals surface area contributed by atoms with Crippen LogP contribution in [0, 0.1) is 17.3 Å². The zero-order chi connectivity index (χ0) is 32.4. The van der Waals surface area contributed by atoms with Crippen molar-refractivity contribution in [1.29, 1.82) is 0 Å². The van der Waals surface area contributed by atoms with Gasteiger partial charge >= 0.3 is 5.97 Å². The molecule has 0 radical (unpaired) electrons. The monoisotopic (exact) mass is 642 g/mol. The van der Waals surface area contributed by atoms with Crippen LogP contribution >= 0.6 is 11.3 Å². The first-order valence-corrected chi connectivity index (χ1v) is 16.9. The number of carbonyl (C=O) groups excluding carboxylic acids is 3. The van der Waals surface area contributed by atoms with E-state index in [-0.39, 0.29) is 35.7 Å². The number of H-pyrrole nitrogens is 1. The first kappa shape index (κ1) is 31.7. The first-order chi connectivity index (χ1) is 22.0. The molecule has 46 heavy (non-hydrogen) atoms. The predicted molar refractivity (Wildman–Crippen MR) is 180 cm³/mol. The molecule has 3 N–H and O–H groups in total. The Hall–Kier alpha value is -4.25. The van der Waals surface area contributed by atoms with Crippen molar-refractivity contribution in [2.24, 2.45) is 17.3 Å². The summed E-state index contributed by atoms with van der Waals surface area (Å²) in [5.41, 5.74) is 3.49. The van der Waals surface area contributed by atoms with Crippen LogP contribution in [0.4, 0.5) is 11.6 Å². The third-order valence-electron chi connectivity index (χ3n) is 9.15. The van der Waals surface area contributed by atoms with Gasteiger partial charge in [0.2, 0.25) is 11.9 Å². The molecule has 0 spiro atoms. The molecular weight excluding hydrogens is 600 g/mol. The average molecular weight is 643 g/mol. The maximum Gasteiger partial charge on any atom is 0.303 e. The number of imidazole rings is 1. The van der Waals surface area contributed by atoms with Crippen LogP contribution in [0.2, 0.25) is 0 Å². The fraction of sp³-hybridized carbons (Fsp3) is 0.457. The molecule has 11 heteroatoms. The Morgan fingerprint density at radius 2 is 1.78 bits per heavy atom. The molecule has 2 atom stereocenters. The standard InChI is InChI=1S/C35H42N6O4S/c1-21(42)45-30-17-25(35(2,3)4)33(44)41(29-12-8-5-9-24(29)30)19-31-38-28(20-46-31)32(43)36-18-22-13-15-23(16-14-22)37-34-39-26-10-6-7-11-27(26)40-34/h5-12,20,22-23,25,30H,13-19H2,1-4H3,(H,36,43)(H2,37,39,40). The molecule has 2 unspecified atom stereocenters. The van der Waals surface area contributed by atoms with Crippen molar-refractivity contribution in [2.45, 2.75) is 78.5 Å². The Bertz CT molecular complexity index is 1680. The number of ether oxygens (including phenoxy) is 1. The van der Waals surface area contributed by atoms with E-state index >= 15 is 0 Å². The number of rotatable bonds is 8. The minimum absolute atomic E-state index is 0.0405. The van der Waals surface area contributed by atoms with Gasteiger partial charge in [0, 0.05) is 42.8 Å². The van der Waals surface area contributed by atoms with E-state index in [1.165, 1.54) is 18.3 Å². The van der Waals surface area contributed by atoms with E-state index < -0.39 is 6.10 Å². The van der Waals surface area contributed by atoms with Crippen LogP contribution < -0.4 is 15.5 Å². The predicted octanol–water partition coefficient (Wildman–Crippen LogP) is 6.62. The van der Waals surface area contributed by atoms with Crippen molar-refractivity contribution < 1.29 is 19.1 Å². The summed E-state index contributed by atoms with van der Waals surface area (Å²) < 4.78 is 5.73. The Morgan fingerprint density at radius 3 is 2.52 bits per heavy atom. The molecule has 1 saturated carbocycles. The average Bonchev–Trinajstić information content (AvgIpc) is 3.64. The van der Waals surface area contributed by atoms with Gasteiger partial charge in [-0.2, -0.15) is 0 Å². The van der Waals surface area contributed by atoms with E-state index in [1.807, 2.05) is 69.3 Å². The molecule has 1 fully saturated rings. The Balaban J connectivity index is 1.07. The zero-order valence-corrected chi connectivity index (χ0v) is 27.7. The summed E-state index contributed by atoms with van der Waals surface area (Å²) in [6.45, 7) is 8.33. The summed E-state index contributed by atoms with van der Waals surface area (Å²) in [7, 11) is 0. The fourth-order valence-electron chi connectivity index (χ4n) is 6.63. The molecule has 6 rings (SSSR count). The topological polar surface area (TPSA) is 129 Å². The lowest BCUT2D eigenvalue weighted by Crippen LogP contribution is -2.40. The number of esters is 1. The maximum absolute atomic E-state index is 14.0. The molecule has 1 aliphatic heterocycles. The van der Waals surface area contributed by atoms with Crippen molar-refractivity contribution in [1.82, 2.24) is 20.3 Å². The summed E-state index contributed by atoms with van der Waals surface area (Å²) in [4.78, 5) is 53.5. The second-order valence-corrected chi connectivity index (χ2v) is 14.5. The van der Waals surface area contributed by atoms with Gasteiger partial charge in [-0.05, 0) is 55.2 Å². The molecule has 2 aromatic heterocycles. The molecule has 1 aliphatic carbocycles. The van der Waals surface area contributed by atoms with Crippen molar-refractivity contribution in [2.75, 3.05) is 16.8 Å². The highest BCUT2D eigenvalue weighted by atomic mass is 32.1. The number of fused-ring (bicyclic) bond motifs is 2. The van der Waals surface area contributed by atoms with Crippen LogP contribution in [0.1, 0.15) is 87.0 Å². The molecule has 4 aromatic rings. The third-order valence-corrected chi connectivity index (χ3v) is 9.98. The van der Waals surface area contributed by atoms with Gasteiger partial charge in [-0.15, -0.1) is 11.3 Å². The molecule has 2 amide bonds. The van der Waals surface area contributed by atoms with Crippen LogP contribution in [0.25, 0.3) is 11.0 Å². The van der Waals surface area contributed by atoms with E-state index in [0.29, 0.717) is 41.3 Å². The van der Waals surface area contributed by atoms with Gasteiger partial charge in [0.25, 0.3) is 5.91 Å². The molecule has 242 valence electrons. The van der Waals surface area contributed by atoms with Crippen LogP contribution in [0.3, 0.4) is 0 Å². The van der Waals surface area contributed by atoms with Gasteiger partial charge in [0.05, 0.1) is 23.3 Å². The molecule has 2 aromatic carbocycles. The Kier molecular flexibility index (Phi) is 9.13. The number of nitrogens with zero attached hydrogens (tertiary/aromatic N) is 3. The SMILES string of the molecule is CC(=O)OC1CC(C(C)(C)C)C(=O)N(Cc2nc(C(=O)NCC3CCC(Nc4nc5ccccc5[nH]4)CC3)cs2)c2ccccc21. The van der Waals surface area contributed by atoms with E-state index in [4.69, 9.17) is 4.74 Å². The number of benzene rings is 2. The lowest BCUT2D eigenvalue weighted by atomic mass is 9.76. The number of hydrogen-bond donors (Lipinski definition) is 3. The molecule has 0 saturated heterocycles. The maximum atomic E-state index is 14.0. The van der Waals surface area contributed by atoms with E-state index in [9.17, 15) is 14.4 Å². The van der Waals surface area contributed by atoms with Crippen LogP contribution in [-0.4, -0.2) is 45.3 Å². The van der Waals surface area contributed by atoms with Crippen LogP contribution in [0.5, 0.6) is 0 Å². The number of amides is 2. The van der Waals surface area contributed by atoms with Gasteiger partial charge in [0.15, 0.2) is 0 Å². The summed E-state index contributed by atoms with van der Waals surface area (Å²) in [5.74, 6) is 0.214. The zero-order valence-electron chi connectivity index (χ0n) is 26.8. The lowest BCUT2D eigenvalue weighted by molar-refractivity contribution is -0.149. The number of para-hydroxylation sites is 3. The highest BCUT2D eigenvalue weighted by Crippen LogP contribution is 2.44. The van der Waals surface area contributed by atoms with Crippen molar-refractivity contribution >= 4 is 51.8 Å². The Labute approximate surface area is 273 Å². The highest BCUT2D eigenvalue weighted by Gasteiger charge is 2.42. The number of nitrogens with one attached hydrogen (secondary N) is 3. The van der Waals surface area contributed by atoms with Crippen LogP contribution in [0.15, 0.2) is 53.9 Å². The number of carbonyl (C=O) groups is 3. The third kappa shape index (κ3) is 7.09. The number of aromatic nitrogens is 3. The van der Waals surface area contributed by atoms with Crippen molar-refractivity contribution in [3.8, 4) is 0 Å². The van der Waals surface area contributed by atoms with Crippen LogP contribution in [-0.2, 0) is 20.9 Å². The van der Waals surface area contributed by atoms with Gasteiger partial charge < -0.3 is 25.3 Å². The summed E-state index contributed by atoms with van der Waals surface area (Å²) in [5, 5.41) is 9.06. The minimum Gasteiger partial charge on any atom is -0.458 e. The molecule has 0 bridgehead atoms. The van der Waals surface area contributed by atoms with Gasteiger partial charge in [0.1, 0.15) is 16.8 Å². The number of hydrogen-bond acceptors (Lipinski definition) is 8. The molecule has 10 nitrogen and oxygen atoms in total. The van der Waals surface area contributed by atoms with Gasteiger partial charge in [-0.3, -0.25) is 14.4 Å². The second kappa shape index (κ2) is 13.2. The number of aromatic amines is 1. The van der Waals surface area contributed by atoms with Crippen molar-refractivity contribution in [3.05, 3.63) is 70.2 Å². The largest absolute Gasteiger partial charge is 0.458 e. The molecule has 3 heterocycles. The van der Waals surface area contributed by atoms with Crippen molar-refractivity contribution in [3.63, 3.8) is 0 Å². The quantitative estimate of drug-likeness (QED) is 0.184. The van der Waals surface area contributed by atoms with Gasteiger partial charge in [-0.1, -0.05) is 51.1 Å². The minimum atomic E-state index is -0.527.